The molecule has 100 valence electrons. The minimum absolute atomic E-state index is 0.0170. The van der Waals surface area contributed by atoms with E-state index in [9.17, 15) is 4.79 Å². The monoisotopic (exact) mass is 277 g/mol. The van der Waals surface area contributed by atoms with Gasteiger partial charge < -0.3 is 5.73 Å². The third-order valence-electron chi connectivity index (χ3n) is 3.19. The minimum Gasteiger partial charge on any atom is -0.398 e. The number of ketones is 1. The highest BCUT2D eigenvalue weighted by Crippen LogP contribution is 2.22. The van der Waals surface area contributed by atoms with Crippen LogP contribution >= 0.6 is 11.6 Å². The number of nitrogens with zero attached hydrogens (tertiary/aromatic N) is 2. The summed E-state index contributed by atoms with van der Waals surface area (Å²) in [6, 6.07) is 5.33. The number of aryl methyl sites for hydroxylation is 3. The van der Waals surface area contributed by atoms with Crippen LogP contribution in [0.25, 0.3) is 0 Å². The van der Waals surface area contributed by atoms with Crippen molar-refractivity contribution in [2.45, 2.75) is 20.3 Å². The fraction of sp³-hybridized carbons (Fsp3) is 0.286. The van der Waals surface area contributed by atoms with E-state index in [1.807, 2.05) is 19.9 Å². The summed E-state index contributed by atoms with van der Waals surface area (Å²) >= 11 is 6.14. The quantitative estimate of drug-likeness (QED) is 0.693. The Balaban J connectivity index is 2.28. The second kappa shape index (κ2) is 5.05. The molecule has 0 saturated heterocycles. The minimum atomic E-state index is -0.0170. The van der Waals surface area contributed by atoms with E-state index in [1.54, 1.807) is 23.9 Å². The van der Waals surface area contributed by atoms with E-state index >= 15 is 0 Å². The molecule has 2 aromatic rings. The van der Waals surface area contributed by atoms with Gasteiger partial charge in [0.1, 0.15) is 0 Å². The zero-order valence-corrected chi connectivity index (χ0v) is 12.0. The van der Waals surface area contributed by atoms with Gasteiger partial charge >= 0.3 is 0 Å². The highest BCUT2D eigenvalue weighted by Gasteiger charge is 2.16. The first kappa shape index (κ1) is 13.6. The standard InChI is InChI=1S/C14H16ClN3O/c1-8-4-5-10(6-11(8)16)13(19)7-12-14(15)9(2)17-18(12)3/h4-6H,7,16H2,1-3H3. The first-order valence-electron chi connectivity index (χ1n) is 5.97. The highest BCUT2D eigenvalue weighted by atomic mass is 35.5. The van der Waals surface area contributed by atoms with Crippen molar-refractivity contribution in [2.24, 2.45) is 7.05 Å². The molecule has 2 N–H and O–H groups in total. The zero-order valence-electron chi connectivity index (χ0n) is 11.2. The number of aromatic nitrogens is 2. The molecule has 0 unspecified atom stereocenters. The van der Waals surface area contributed by atoms with Gasteiger partial charge in [-0.3, -0.25) is 9.48 Å². The summed E-state index contributed by atoms with van der Waals surface area (Å²) < 4.78 is 1.65. The predicted molar refractivity (Wildman–Crippen MR) is 76.6 cm³/mol. The Hall–Kier alpha value is -1.81. The average molecular weight is 278 g/mol. The van der Waals surface area contributed by atoms with Gasteiger partial charge in [0, 0.05) is 18.3 Å². The Morgan fingerprint density at radius 1 is 1.42 bits per heavy atom. The zero-order chi connectivity index (χ0) is 14.2. The Kier molecular flexibility index (Phi) is 3.62. The number of hydrogen-bond donors (Lipinski definition) is 1. The lowest BCUT2D eigenvalue weighted by molar-refractivity contribution is 0.0991. The van der Waals surface area contributed by atoms with Crippen LogP contribution in [0.1, 0.15) is 27.3 Å². The second-order valence-electron chi connectivity index (χ2n) is 4.64. The van der Waals surface area contributed by atoms with Crippen molar-refractivity contribution in [2.75, 3.05) is 5.73 Å². The predicted octanol–water partition coefficient (Wildman–Crippen LogP) is 2.70. The first-order valence-corrected chi connectivity index (χ1v) is 6.35. The Morgan fingerprint density at radius 3 is 2.63 bits per heavy atom. The van der Waals surface area contributed by atoms with Crippen LogP contribution in [0.5, 0.6) is 0 Å². The van der Waals surface area contributed by atoms with Crippen molar-refractivity contribution >= 4 is 23.1 Å². The summed E-state index contributed by atoms with van der Waals surface area (Å²) in [4.78, 5) is 12.2. The molecule has 0 amide bonds. The van der Waals surface area contributed by atoms with E-state index in [-0.39, 0.29) is 12.2 Å². The Labute approximate surface area is 117 Å². The van der Waals surface area contributed by atoms with Gasteiger partial charge in [-0.15, -0.1) is 0 Å². The number of carbonyl (C=O) groups excluding carboxylic acids is 1. The third kappa shape index (κ3) is 2.63. The summed E-state index contributed by atoms with van der Waals surface area (Å²) in [5.74, 6) is -0.0170. The highest BCUT2D eigenvalue weighted by molar-refractivity contribution is 6.32. The largest absolute Gasteiger partial charge is 0.398 e. The molecule has 1 aromatic carbocycles. The molecule has 0 radical (unpaired) electrons. The van der Waals surface area contributed by atoms with Crippen LogP contribution in [0.4, 0.5) is 5.69 Å². The fourth-order valence-electron chi connectivity index (χ4n) is 1.94. The maximum Gasteiger partial charge on any atom is 0.168 e. The number of hydrogen-bond acceptors (Lipinski definition) is 3. The van der Waals surface area contributed by atoms with Gasteiger partial charge in [-0.25, -0.2) is 0 Å². The van der Waals surface area contributed by atoms with Crippen molar-refractivity contribution in [3.63, 3.8) is 0 Å². The Bertz CT molecular complexity index is 646. The summed E-state index contributed by atoms with van der Waals surface area (Å²) in [6.07, 6.45) is 0.221. The van der Waals surface area contributed by atoms with E-state index in [1.165, 1.54) is 0 Å². The van der Waals surface area contributed by atoms with Gasteiger partial charge in [0.15, 0.2) is 5.78 Å². The molecular weight excluding hydrogens is 262 g/mol. The second-order valence-corrected chi connectivity index (χ2v) is 5.02. The smallest absolute Gasteiger partial charge is 0.168 e. The maximum absolute atomic E-state index is 12.2. The van der Waals surface area contributed by atoms with Crippen LogP contribution in [-0.4, -0.2) is 15.6 Å². The van der Waals surface area contributed by atoms with E-state index < -0.39 is 0 Å². The SMILES string of the molecule is Cc1ccc(C(=O)Cc2c(Cl)c(C)nn2C)cc1N. The molecule has 0 aliphatic rings. The molecule has 0 saturated carbocycles. The molecule has 19 heavy (non-hydrogen) atoms. The molecule has 1 heterocycles. The topological polar surface area (TPSA) is 60.9 Å². The van der Waals surface area contributed by atoms with Gasteiger partial charge in [-0.05, 0) is 25.5 Å². The van der Waals surface area contributed by atoms with E-state index in [0.29, 0.717) is 16.3 Å². The lowest BCUT2D eigenvalue weighted by Crippen LogP contribution is -2.09. The third-order valence-corrected chi connectivity index (χ3v) is 3.68. The van der Waals surface area contributed by atoms with Crippen LogP contribution < -0.4 is 5.73 Å². The molecule has 0 bridgehead atoms. The van der Waals surface area contributed by atoms with Crippen molar-refractivity contribution in [1.82, 2.24) is 9.78 Å². The normalized spacial score (nSPS) is 10.7. The molecular formula is C14H16ClN3O. The van der Waals surface area contributed by atoms with Gasteiger partial charge in [-0.1, -0.05) is 23.7 Å². The van der Waals surface area contributed by atoms with Crippen molar-refractivity contribution < 1.29 is 4.79 Å². The van der Waals surface area contributed by atoms with Crippen LogP contribution in [0.15, 0.2) is 18.2 Å². The summed E-state index contributed by atoms with van der Waals surface area (Å²) in [6.45, 7) is 3.73. The lowest BCUT2D eigenvalue weighted by Gasteiger charge is -2.05. The molecule has 5 heteroatoms. The lowest BCUT2D eigenvalue weighted by atomic mass is 10.0. The van der Waals surface area contributed by atoms with E-state index in [2.05, 4.69) is 5.10 Å². The van der Waals surface area contributed by atoms with Gasteiger partial charge in [-0.2, -0.15) is 5.10 Å². The van der Waals surface area contributed by atoms with Crippen molar-refractivity contribution in [3.05, 3.63) is 45.7 Å². The Morgan fingerprint density at radius 2 is 2.11 bits per heavy atom. The molecule has 2 rings (SSSR count). The van der Waals surface area contributed by atoms with Crippen LogP contribution in [0.2, 0.25) is 5.02 Å². The number of nitrogen functional groups attached to an aromatic ring is 1. The van der Waals surface area contributed by atoms with Gasteiger partial charge in [0.2, 0.25) is 0 Å². The number of anilines is 1. The van der Waals surface area contributed by atoms with E-state index in [0.717, 1.165) is 17.0 Å². The van der Waals surface area contributed by atoms with E-state index in [4.69, 9.17) is 17.3 Å². The fourth-order valence-corrected chi connectivity index (χ4v) is 2.17. The summed E-state index contributed by atoms with van der Waals surface area (Å²) in [7, 11) is 1.78. The average Bonchev–Trinajstić information content (AvgIpc) is 2.59. The molecule has 0 fully saturated rings. The molecule has 4 nitrogen and oxygen atoms in total. The number of carbonyl (C=O) groups is 1. The van der Waals surface area contributed by atoms with Crippen LogP contribution in [-0.2, 0) is 13.5 Å². The number of rotatable bonds is 3. The number of Topliss-reactive ketones (excluding diaryl/α,β-unsaturated/α-hetero) is 1. The number of halogens is 1. The van der Waals surface area contributed by atoms with Crippen molar-refractivity contribution in [3.8, 4) is 0 Å². The first-order chi connectivity index (χ1) is 8.90. The van der Waals surface area contributed by atoms with Gasteiger partial charge in [0.25, 0.3) is 0 Å². The molecule has 0 spiro atoms. The number of benzene rings is 1. The van der Waals surface area contributed by atoms with Gasteiger partial charge in [0.05, 0.1) is 22.8 Å². The molecule has 1 aromatic heterocycles. The van der Waals surface area contributed by atoms with Crippen LogP contribution in [0, 0.1) is 13.8 Å². The molecule has 0 atom stereocenters. The maximum atomic E-state index is 12.2. The molecule has 0 aliphatic heterocycles. The van der Waals surface area contributed by atoms with Crippen molar-refractivity contribution in [1.29, 1.82) is 0 Å². The van der Waals surface area contributed by atoms with Crippen LogP contribution in [0.3, 0.4) is 0 Å². The summed E-state index contributed by atoms with van der Waals surface area (Å²) in [5, 5.41) is 4.75. The molecule has 0 aliphatic carbocycles. The summed E-state index contributed by atoms with van der Waals surface area (Å²) in [5.41, 5.74) is 9.46. The number of nitrogens with two attached hydrogens (primary N) is 1.